The molecule has 0 bridgehead atoms. The molecule has 0 saturated heterocycles. The first-order chi connectivity index (χ1) is 5.27. The minimum absolute atomic E-state index is 0.580. The molecule has 0 spiro atoms. The molecular formula is C3H8NO6S2. The highest BCUT2D eigenvalue weighted by molar-refractivity contribution is 7.89. The quantitative estimate of drug-likeness (QED) is 0.554. The van der Waals surface area contributed by atoms with Crippen molar-refractivity contribution >= 4 is 20.4 Å². The predicted molar refractivity (Wildman–Crippen MR) is 39.3 cm³/mol. The van der Waals surface area contributed by atoms with Crippen molar-refractivity contribution in [2.24, 2.45) is 0 Å². The lowest BCUT2D eigenvalue weighted by Crippen LogP contribution is -2.20. The van der Waals surface area contributed by atoms with Gasteiger partial charge in [-0.1, -0.05) is 0 Å². The van der Waals surface area contributed by atoms with E-state index in [1.807, 2.05) is 0 Å². The van der Waals surface area contributed by atoms with Gasteiger partial charge < -0.3 is 0 Å². The summed E-state index contributed by atoms with van der Waals surface area (Å²) in [4.78, 5) is 0. The van der Waals surface area contributed by atoms with Crippen molar-refractivity contribution in [3.05, 3.63) is 0 Å². The van der Waals surface area contributed by atoms with Gasteiger partial charge in [0.25, 0.3) is 0 Å². The van der Waals surface area contributed by atoms with E-state index in [1.165, 1.54) is 0 Å². The molecule has 0 saturated carbocycles. The van der Waals surface area contributed by atoms with E-state index in [0.29, 0.717) is 0 Å². The summed E-state index contributed by atoms with van der Waals surface area (Å²) in [5.41, 5.74) is 0. The SMILES string of the molecule is C[N]S(=O)(=O)CCOS(=O)(=O)O. The summed E-state index contributed by atoms with van der Waals surface area (Å²) in [5.74, 6) is -0.580. The van der Waals surface area contributed by atoms with E-state index in [0.717, 1.165) is 7.05 Å². The van der Waals surface area contributed by atoms with Crippen LogP contribution < -0.4 is 4.72 Å². The Morgan fingerprint density at radius 2 is 1.83 bits per heavy atom. The summed E-state index contributed by atoms with van der Waals surface area (Å²) in [6.07, 6.45) is 0. The Bertz CT molecular complexity index is 315. The van der Waals surface area contributed by atoms with Gasteiger partial charge in [0.2, 0.25) is 10.0 Å². The van der Waals surface area contributed by atoms with Crippen LogP contribution in [0.4, 0.5) is 0 Å². The summed E-state index contributed by atoms with van der Waals surface area (Å²) >= 11 is 0. The summed E-state index contributed by atoms with van der Waals surface area (Å²) < 4.78 is 55.7. The van der Waals surface area contributed by atoms with E-state index in [4.69, 9.17) is 4.55 Å². The van der Waals surface area contributed by atoms with Crippen LogP contribution in [0.5, 0.6) is 0 Å². The zero-order chi connectivity index (χ0) is 9.83. The molecule has 1 N–H and O–H groups in total. The van der Waals surface area contributed by atoms with Gasteiger partial charge in [0.05, 0.1) is 12.4 Å². The normalized spacial score (nSPS) is 13.2. The number of hydrogen-bond donors (Lipinski definition) is 1. The molecule has 0 aliphatic rings. The average molecular weight is 218 g/mol. The third-order valence-corrected chi connectivity index (χ3v) is 2.56. The van der Waals surface area contributed by atoms with E-state index in [2.05, 4.69) is 8.91 Å². The van der Waals surface area contributed by atoms with Crippen molar-refractivity contribution in [1.82, 2.24) is 4.72 Å². The molecule has 12 heavy (non-hydrogen) atoms. The lowest BCUT2D eigenvalue weighted by atomic mass is 10.9. The smallest absolute Gasteiger partial charge is 0.264 e. The molecule has 1 radical (unpaired) electrons. The lowest BCUT2D eigenvalue weighted by Gasteiger charge is -1.99. The first-order valence-electron chi connectivity index (χ1n) is 2.72. The van der Waals surface area contributed by atoms with E-state index in [-0.39, 0.29) is 0 Å². The molecule has 0 atom stereocenters. The highest BCUT2D eigenvalue weighted by Gasteiger charge is 2.11. The van der Waals surface area contributed by atoms with Gasteiger partial charge in [-0.25, -0.2) is 12.6 Å². The number of rotatable bonds is 5. The van der Waals surface area contributed by atoms with Crippen molar-refractivity contribution in [2.75, 3.05) is 19.4 Å². The Morgan fingerprint density at radius 3 is 2.17 bits per heavy atom. The maximum atomic E-state index is 10.6. The number of nitrogens with zero attached hydrogens (tertiary/aromatic N) is 1. The minimum atomic E-state index is -4.56. The van der Waals surface area contributed by atoms with Gasteiger partial charge >= 0.3 is 10.4 Å². The number of sulfonamides is 1. The molecule has 0 aromatic rings. The molecule has 0 aromatic carbocycles. The van der Waals surface area contributed by atoms with Crippen LogP contribution in [-0.4, -0.2) is 40.8 Å². The highest BCUT2D eigenvalue weighted by atomic mass is 32.3. The third kappa shape index (κ3) is 6.49. The van der Waals surface area contributed by atoms with Crippen molar-refractivity contribution in [2.45, 2.75) is 0 Å². The van der Waals surface area contributed by atoms with Gasteiger partial charge in [-0.15, -0.1) is 4.72 Å². The fourth-order valence-corrected chi connectivity index (χ4v) is 1.21. The van der Waals surface area contributed by atoms with Crippen molar-refractivity contribution in [3.8, 4) is 0 Å². The zero-order valence-corrected chi connectivity index (χ0v) is 7.80. The van der Waals surface area contributed by atoms with Gasteiger partial charge in [-0.3, -0.25) is 4.55 Å². The molecule has 9 heteroatoms. The second-order valence-electron chi connectivity index (χ2n) is 1.72. The zero-order valence-electron chi connectivity index (χ0n) is 6.17. The van der Waals surface area contributed by atoms with Gasteiger partial charge in [0.15, 0.2) is 0 Å². The summed E-state index contributed by atoms with van der Waals surface area (Å²) in [6, 6.07) is 0. The molecular weight excluding hydrogens is 210 g/mol. The molecule has 0 unspecified atom stereocenters. The Balaban J connectivity index is 3.89. The van der Waals surface area contributed by atoms with E-state index in [9.17, 15) is 16.8 Å². The van der Waals surface area contributed by atoms with Crippen molar-refractivity contribution in [1.29, 1.82) is 0 Å². The molecule has 0 amide bonds. The molecule has 0 heterocycles. The van der Waals surface area contributed by atoms with Crippen LogP contribution in [0.1, 0.15) is 0 Å². The molecule has 0 fully saturated rings. The van der Waals surface area contributed by atoms with Crippen LogP contribution in [0.2, 0.25) is 0 Å². The maximum absolute atomic E-state index is 10.6. The van der Waals surface area contributed by atoms with Crippen molar-refractivity contribution < 1.29 is 25.6 Å². The van der Waals surface area contributed by atoms with Gasteiger partial charge in [-0.2, -0.15) is 8.42 Å². The summed E-state index contributed by atoms with van der Waals surface area (Å²) in [7, 11) is -7.12. The fourth-order valence-electron chi connectivity index (χ4n) is 0.336. The minimum Gasteiger partial charge on any atom is -0.264 e. The molecule has 0 rings (SSSR count). The lowest BCUT2D eigenvalue weighted by molar-refractivity contribution is 0.283. The van der Waals surface area contributed by atoms with E-state index < -0.39 is 32.8 Å². The Labute approximate surface area is 70.7 Å². The number of hydrogen-bond acceptors (Lipinski definition) is 5. The van der Waals surface area contributed by atoms with Crippen LogP contribution in [0, 0.1) is 0 Å². The van der Waals surface area contributed by atoms with Crippen LogP contribution in [0.3, 0.4) is 0 Å². The van der Waals surface area contributed by atoms with Gasteiger partial charge in [0.1, 0.15) is 0 Å². The van der Waals surface area contributed by atoms with Gasteiger partial charge in [-0.05, 0) is 0 Å². The fraction of sp³-hybridized carbons (Fsp3) is 1.00. The average Bonchev–Trinajstić information content (AvgIpc) is 1.84. The van der Waals surface area contributed by atoms with Crippen molar-refractivity contribution in [3.63, 3.8) is 0 Å². The van der Waals surface area contributed by atoms with Crippen LogP contribution in [0.25, 0.3) is 0 Å². The Morgan fingerprint density at radius 1 is 1.33 bits per heavy atom. The summed E-state index contributed by atoms with van der Waals surface area (Å²) in [5, 5.41) is 0. The van der Waals surface area contributed by atoms with Crippen LogP contribution >= 0.6 is 0 Å². The second-order valence-corrected chi connectivity index (χ2v) is 4.75. The largest absolute Gasteiger partial charge is 0.397 e. The third-order valence-electron chi connectivity index (χ3n) is 0.852. The maximum Gasteiger partial charge on any atom is 0.397 e. The standard InChI is InChI=1S/C3H8NO6S2/c1-4-11(5,6)3-2-10-12(7,8)9/h2-3H2,1H3,(H,7,8,9). The first-order valence-corrected chi connectivity index (χ1v) is 5.70. The van der Waals surface area contributed by atoms with Crippen LogP contribution in [-0.2, 0) is 24.6 Å². The topological polar surface area (TPSA) is 112 Å². The van der Waals surface area contributed by atoms with E-state index >= 15 is 0 Å². The molecule has 0 aliphatic carbocycles. The highest BCUT2D eigenvalue weighted by Crippen LogP contribution is 1.89. The van der Waals surface area contributed by atoms with Crippen LogP contribution in [0.15, 0.2) is 0 Å². The molecule has 0 aromatic heterocycles. The monoisotopic (exact) mass is 218 g/mol. The first kappa shape index (κ1) is 11.8. The predicted octanol–water partition coefficient (Wildman–Crippen LogP) is -1.63. The second kappa shape index (κ2) is 4.14. The molecule has 0 aliphatic heterocycles. The molecule has 73 valence electrons. The Hall–Kier alpha value is -0.220. The van der Waals surface area contributed by atoms with E-state index in [1.54, 1.807) is 0 Å². The van der Waals surface area contributed by atoms with Gasteiger partial charge in [0, 0.05) is 7.05 Å². The summed E-state index contributed by atoms with van der Waals surface area (Å²) in [6.45, 7) is -0.640. The Kier molecular flexibility index (Phi) is 4.06. The molecule has 7 nitrogen and oxygen atoms in total.